The van der Waals surface area contributed by atoms with Gasteiger partial charge >= 0.3 is 8.74 Å². The molecule has 0 saturated carbocycles. The predicted molar refractivity (Wildman–Crippen MR) is 83.6 cm³/mol. The van der Waals surface area contributed by atoms with Gasteiger partial charge in [0.2, 0.25) is 8.41 Å². The van der Waals surface area contributed by atoms with Crippen molar-refractivity contribution in [1.82, 2.24) is 0 Å². The molecule has 0 saturated heterocycles. The zero-order valence-electron chi connectivity index (χ0n) is 12.9. The molecule has 0 heterocycles. The Hall–Kier alpha value is 0.224. The fourth-order valence-electron chi connectivity index (χ4n) is 2.33. The van der Waals surface area contributed by atoms with Gasteiger partial charge in [0.1, 0.15) is 0 Å². The van der Waals surface area contributed by atoms with Gasteiger partial charge in [-0.15, -0.1) is 0 Å². The molecule has 0 aliphatic carbocycles. The summed E-state index contributed by atoms with van der Waals surface area (Å²) in [5.41, 5.74) is 0. The lowest BCUT2D eigenvalue weighted by Gasteiger charge is -2.24. The molecule has 0 aromatic rings. The van der Waals surface area contributed by atoms with Gasteiger partial charge in [0.15, 0.2) is 0 Å². The number of rotatable bonds is 12. The summed E-state index contributed by atoms with van der Waals surface area (Å²) in [6.45, 7) is 6.01. The largest absolute Gasteiger partial charge is 0.424 e. The molecule has 0 fully saturated rings. The van der Waals surface area contributed by atoms with Crippen molar-refractivity contribution >= 4 is 17.1 Å². The minimum absolute atomic E-state index is 0.0650. The second kappa shape index (κ2) is 10.0. The number of hydrogen-bond donors (Lipinski definition) is 0. The predicted octanol–water partition coefficient (Wildman–Crippen LogP) is 6.68. The van der Waals surface area contributed by atoms with Crippen LogP contribution >= 0.6 is 0 Å². The summed E-state index contributed by atoms with van der Waals surface area (Å²) in [5, 5.41) is 0. The molecule has 0 rings (SSSR count). The van der Waals surface area contributed by atoms with E-state index < -0.39 is 17.1 Å². The molecule has 0 bridgehead atoms. The molecule has 0 unspecified atom stereocenters. The van der Waals surface area contributed by atoms with Crippen molar-refractivity contribution in [2.24, 2.45) is 0 Å². The van der Waals surface area contributed by atoms with Crippen LogP contribution in [0.3, 0.4) is 0 Å². The smallest absolute Gasteiger partial charge is 0.314 e. The highest BCUT2D eigenvalue weighted by molar-refractivity contribution is 6.76. The van der Waals surface area contributed by atoms with Crippen LogP contribution in [0.25, 0.3) is 0 Å². The first kappa shape index (κ1) is 19.2. The summed E-state index contributed by atoms with van der Waals surface area (Å²) in [6.07, 6.45) is 5.09. The molecule has 0 amide bonds. The molecule has 0 N–H and O–H groups in total. The molecule has 0 aliphatic rings. The molecule has 0 atom stereocenters. The first-order chi connectivity index (χ1) is 8.89. The molecular weight excluding hydrogens is 281 g/mol. The van der Waals surface area contributed by atoms with E-state index in [0.29, 0.717) is 18.5 Å². The van der Waals surface area contributed by atoms with Crippen molar-refractivity contribution in [2.75, 3.05) is 0 Å². The van der Waals surface area contributed by atoms with Crippen molar-refractivity contribution in [3.05, 3.63) is 0 Å². The van der Waals surface area contributed by atoms with Gasteiger partial charge in [-0.2, -0.15) is 0 Å². The molecule has 5 heteroatoms. The third kappa shape index (κ3) is 9.71. The summed E-state index contributed by atoms with van der Waals surface area (Å²) in [7, 11) is -7.00. The van der Waals surface area contributed by atoms with Crippen LogP contribution in [0.2, 0.25) is 30.2 Å². The maximum Gasteiger partial charge on any atom is 0.424 e. The number of halogens is 3. The summed E-state index contributed by atoms with van der Waals surface area (Å²) >= 11 is 0. The Morgan fingerprint density at radius 2 is 1.00 bits per heavy atom. The van der Waals surface area contributed by atoms with Gasteiger partial charge in [0, 0.05) is 0 Å². The van der Waals surface area contributed by atoms with Crippen LogP contribution in [0.4, 0.5) is 12.3 Å². The van der Waals surface area contributed by atoms with Crippen molar-refractivity contribution in [1.29, 1.82) is 0 Å². The Bertz CT molecular complexity index is 215. The van der Waals surface area contributed by atoms with Crippen LogP contribution in [-0.4, -0.2) is 17.1 Å². The third-order valence-corrected chi connectivity index (χ3v) is 10.0. The molecule has 0 spiro atoms. The summed E-state index contributed by atoms with van der Waals surface area (Å²) < 4.78 is 42.4. The van der Waals surface area contributed by atoms with E-state index in [0.717, 1.165) is 32.1 Å². The highest BCUT2D eigenvalue weighted by Crippen LogP contribution is 2.34. The fraction of sp³-hybridized carbons (Fsp3) is 1.00. The van der Waals surface area contributed by atoms with E-state index in [1.54, 1.807) is 0 Å². The first-order valence-corrected chi connectivity index (χ1v) is 12.6. The fourth-order valence-corrected chi connectivity index (χ4v) is 9.43. The zero-order chi connectivity index (χ0) is 14.8. The molecule has 19 heavy (non-hydrogen) atoms. The van der Waals surface area contributed by atoms with E-state index in [2.05, 4.69) is 0 Å². The second-order valence-corrected chi connectivity index (χ2v) is 12.3. The highest BCUT2D eigenvalue weighted by Gasteiger charge is 2.40. The van der Waals surface area contributed by atoms with E-state index in [4.69, 9.17) is 0 Å². The van der Waals surface area contributed by atoms with Crippen LogP contribution in [0.5, 0.6) is 0 Å². The average molecular weight is 313 g/mol. The van der Waals surface area contributed by atoms with Crippen LogP contribution in [0.1, 0.15) is 59.3 Å². The summed E-state index contributed by atoms with van der Waals surface area (Å²) in [6, 6.07) is 1.39. The SMILES string of the molecule is CCCC[Si](F)(F)CC[Si](F)(CCCC)CCCC. The van der Waals surface area contributed by atoms with Gasteiger partial charge in [-0.05, 0) is 30.2 Å². The van der Waals surface area contributed by atoms with Crippen LogP contribution in [0, 0.1) is 0 Å². The van der Waals surface area contributed by atoms with Gasteiger partial charge in [-0.1, -0.05) is 59.3 Å². The Morgan fingerprint density at radius 1 is 0.579 bits per heavy atom. The normalized spacial score (nSPS) is 12.9. The van der Waals surface area contributed by atoms with Gasteiger partial charge in [-0.3, -0.25) is 8.22 Å². The monoisotopic (exact) mass is 312 g/mol. The molecule has 0 aromatic heterocycles. The van der Waals surface area contributed by atoms with E-state index in [1.807, 2.05) is 20.8 Å². The molecule has 0 aliphatic heterocycles. The Morgan fingerprint density at radius 3 is 1.42 bits per heavy atom. The van der Waals surface area contributed by atoms with E-state index in [1.165, 1.54) is 0 Å². The Labute approximate surface area is 119 Å². The molecule has 0 nitrogen and oxygen atoms in total. The highest BCUT2D eigenvalue weighted by atomic mass is 28.4. The van der Waals surface area contributed by atoms with Crippen molar-refractivity contribution in [3.8, 4) is 0 Å². The number of hydrogen-bond acceptors (Lipinski definition) is 0. The molecule has 0 radical (unpaired) electrons. The van der Waals surface area contributed by atoms with Crippen molar-refractivity contribution < 1.29 is 12.3 Å². The maximum atomic E-state index is 14.8. The van der Waals surface area contributed by atoms with Gasteiger partial charge in [0.05, 0.1) is 0 Å². The zero-order valence-corrected chi connectivity index (χ0v) is 14.9. The Kier molecular flexibility index (Phi) is 10.1. The lowest BCUT2D eigenvalue weighted by molar-refractivity contribution is 0.574. The van der Waals surface area contributed by atoms with E-state index in [-0.39, 0.29) is 18.1 Å². The summed E-state index contributed by atoms with van der Waals surface area (Å²) in [4.78, 5) is 0. The minimum atomic E-state index is -4.12. The van der Waals surface area contributed by atoms with E-state index in [9.17, 15) is 12.3 Å². The quantitative estimate of drug-likeness (QED) is 0.278. The van der Waals surface area contributed by atoms with Crippen LogP contribution in [0.15, 0.2) is 0 Å². The maximum absolute atomic E-state index is 14.8. The van der Waals surface area contributed by atoms with Gasteiger partial charge in [0.25, 0.3) is 0 Å². The topological polar surface area (TPSA) is 0 Å². The molecule has 116 valence electrons. The third-order valence-electron chi connectivity index (χ3n) is 3.79. The van der Waals surface area contributed by atoms with Gasteiger partial charge in [-0.25, -0.2) is 0 Å². The molecular formula is C14H31F3Si2. The number of unbranched alkanes of at least 4 members (excludes halogenated alkanes) is 3. The summed E-state index contributed by atoms with van der Waals surface area (Å²) in [5.74, 6) is 0. The lowest BCUT2D eigenvalue weighted by atomic mass is 10.4. The Balaban J connectivity index is 4.29. The average Bonchev–Trinajstić information content (AvgIpc) is 2.39. The van der Waals surface area contributed by atoms with Crippen LogP contribution < -0.4 is 0 Å². The minimum Gasteiger partial charge on any atom is -0.314 e. The lowest BCUT2D eigenvalue weighted by Crippen LogP contribution is -2.32. The first-order valence-electron chi connectivity index (χ1n) is 7.96. The standard InChI is InChI=1S/C14H31F3Si2/c1-4-7-10-18(15,11-8-5-2)13-14-19(16,17)12-9-6-3/h4-14H2,1-3H3. The van der Waals surface area contributed by atoms with Crippen LogP contribution in [-0.2, 0) is 0 Å². The van der Waals surface area contributed by atoms with Gasteiger partial charge < -0.3 is 4.11 Å². The van der Waals surface area contributed by atoms with Crippen molar-refractivity contribution in [3.63, 3.8) is 0 Å². The van der Waals surface area contributed by atoms with Crippen molar-refractivity contribution in [2.45, 2.75) is 89.5 Å². The van der Waals surface area contributed by atoms with E-state index >= 15 is 0 Å². The second-order valence-electron chi connectivity index (χ2n) is 5.82. The molecule has 0 aromatic carbocycles.